The van der Waals surface area contributed by atoms with E-state index in [1.54, 1.807) is 44.2 Å². The third-order valence-electron chi connectivity index (χ3n) is 4.83. The van der Waals surface area contributed by atoms with Gasteiger partial charge in [-0.1, -0.05) is 24.8 Å². The molecular weight excluding hydrogens is 481 g/mol. The molecule has 0 amide bonds. The number of hydrogen-bond acceptors (Lipinski definition) is 11. The number of nitrogens with two attached hydrogens (primary N) is 1. The quantitative estimate of drug-likeness (QED) is 0.248. The lowest BCUT2D eigenvalue weighted by molar-refractivity contribution is -0.149. The summed E-state index contributed by atoms with van der Waals surface area (Å²) in [5.74, 6) is -0.297. The summed E-state index contributed by atoms with van der Waals surface area (Å²) in [5, 5.41) is 27.5. The van der Waals surface area contributed by atoms with Gasteiger partial charge in [0.1, 0.15) is 36.4 Å². The van der Waals surface area contributed by atoms with Crippen molar-refractivity contribution in [2.24, 2.45) is 5.73 Å². The summed E-state index contributed by atoms with van der Waals surface area (Å²) in [4.78, 5) is 16.2. The number of aliphatic hydroxyl groups is 2. The number of aromatic nitrogens is 3. The molecule has 3 rings (SSSR count). The number of carbonyl (C=O) groups excluding carboxylic acids is 1. The van der Waals surface area contributed by atoms with Gasteiger partial charge in [0.15, 0.2) is 12.1 Å². The van der Waals surface area contributed by atoms with Gasteiger partial charge in [0.2, 0.25) is 0 Å². The Morgan fingerprint density at radius 2 is 1.97 bits per heavy atom. The number of benzene rings is 1. The van der Waals surface area contributed by atoms with Gasteiger partial charge in [-0.3, -0.25) is 9.32 Å². The van der Waals surface area contributed by atoms with Gasteiger partial charge >= 0.3 is 13.7 Å². The molecule has 14 heteroatoms. The zero-order chi connectivity index (χ0) is 25.8. The summed E-state index contributed by atoms with van der Waals surface area (Å²) >= 11 is 0. The molecule has 0 unspecified atom stereocenters. The highest BCUT2D eigenvalue weighted by Crippen LogP contribution is 2.46. The first-order valence-electron chi connectivity index (χ1n) is 10.8. The van der Waals surface area contributed by atoms with Gasteiger partial charge in [-0.2, -0.15) is 5.09 Å². The highest BCUT2D eigenvalue weighted by atomic mass is 31.2. The monoisotopic (exact) mass is 511 g/mol. The number of carbonyl (C=O) groups is 1. The van der Waals surface area contributed by atoms with Crippen molar-refractivity contribution in [2.75, 3.05) is 6.61 Å². The Labute approximate surface area is 202 Å². The zero-order valence-corrected chi connectivity index (χ0v) is 20.4. The second kappa shape index (κ2) is 11.3. The SMILES string of the molecule is C=C(N)c1ncn([C@@H]2O[C@H](CO[P@@](=O)(N[C@@H](C)C(=O)OC(C)C)Oc3ccccc3)[C@@H](O)[C@H]2O)n1. The van der Waals surface area contributed by atoms with Gasteiger partial charge in [-0.05, 0) is 32.9 Å². The molecule has 2 heterocycles. The van der Waals surface area contributed by atoms with Crippen LogP contribution < -0.4 is 15.3 Å². The van der Waals surface area contributed by atoms with Crippen LogP contribution >= 0.6 is 7.75 Å². The van der Waals surface area contributed by atoms with E-state index in [1.165, 1.54) is 17.9 Å². The van der Waals surface area contributed by atoms with Crippen molar-refractivity contribution in [1.29, 1.82) is 0 Å². The van der Waals surface area contributed by atoms with E-state index in [-0.39, 0.29) is 23.4 Å². The van der Waals surface area contributed by atoms with Crippen LogP contribution in [0.2, 0.25) is 0 Å². The molecule has 6 atom stereocenters. The number of nitrogens with zero attached hydrogens (tertiary/aromatic N) is 3. The molecule has 0 radical (unpaired) electrons. The summed E-state index contributed by atoms with van der Waals surface area (Å²) in [6, 6.07) is 7.16. The van der Waals surface area contributed by atoms with Crippen LogP contribution in [0.3, 0.4) is 0 Å². The van der Waals surface area contributed by atoms with E-state index in [9.17, 15) is 19.6 Å². The van der Waals surface area contributed by atoms with Crippen molar-refractivity contribution in [1.82, 2.24) is 19.9 Å². The van der Waals surface area contributed by atoms with E-state index < -0.39 is 50.9 Å². The van der Waals surface area contributed by atoms with E-state index in [0.29, 0.717) is 0 Å². The first-order chi connectivity index (χ1) is 16.5. The van der Waals surface area contributed by atoms with Crippen LogP contribution in [0.5, 0.6) is 5.75 Å². The third-order valence-corrected chi connectivity index (χ3v) is 6.47. The van der Waals surface area contributed by atoms with Crippen molar-refractivity contribution < 1.29 is 38.1 Å². The maximum absolute atomic E-state index is 13.5. The topological polar surface area (TPSA) is 180 Å². The smallest absolute Gasteiger partial charge is 0.459 e. The van der Waals surface area contributed by atoms with Crippen LogP contribution in [0.4, 0.5) is 0 Å². The summed E-state index contributed by atoms with van der Waals surface area (Å²) in [6.45, 7) is 7.90. The number of aliphatic hydroxyl groups excluding tert-OH is 2. The van der Waals surface area contributed by atoms with E-state index in [1.807, 2.05) is 0 Å². The lowest BCUT2D eigenvalue weighted by Gasteiger charge is -2.25. The molecule has 1 aromatic heterocycles. The molecule has 192 valence electrons. The Balaban J connectivity index is 1.72. The van der Waals surface area contributed by atoms with Gasteiger partial charge in [0.05, 0.1) is 18.4 Å². The van der Waals surface area contributed by atoms with Gasteiger partial charge in [-0.25, -0.2) is 14.2 Å². The Kier molecular flexibility index (Phi) is 8.65. The van der Waals surface area contributed by atoms with Crippen LogP contribution in [0.15, 0.2) is 43.2 Å². The minimum Gasteiger partial charge on any atom is -0.462 e. The van der Waals surface area contributed by atoms with Crippen LogP contribution in [-0.2, 0) is 23.4 Å². The number of ether oxygens (including phenoxy) is 2. The maximum atomic E-state index is 13.5. The van der Waals surface area contributed by atoms with E-state index >= 15 is 0 Å². The molecule has 1 fully saturated rings. The van der Waals surface area contributed by atoms with Crippen LogP contribution in [-0.4, -0.2) is 68.0 Å². The highest BCUT2D eigenvalue weighted by molar-refractivity contribution is 7.52. The fraction of sp³-hybridized carbons (Fsp3) is 0.476. The Bertz CT molecular complexity index is 1060. The second-order valence-corrected chi connectivity index (χ2v) is 9.85. The predicted molar refractivity (Wildman–Crippen MR) is 124 cm³/mol. The number of hydrogen-bond donors (Lipinski definition) is 4. The van der Waals surface area contributed by atoms with Crippen molar-refractivity contribution in [3.8, 4) is 5.75 Å². The lowest BCUT2D eigenvalue weighted by Crippen LogP contribution is -2.38. The molecule has 1 saturated heterocycles. The van der Waals surface area contributed by atoms with Gasteiger partial charge in [0.25, 0.3) is 0 Å². The van der Waals surface area contributed by atoms with Crippen molar-refractivity contribution >= 4 is 19.4 Å². The minimum atomic E-state index is -4.18. The Morgan fingerprint density at radius 3 is 2.57 bits per heavy atom. The molecule has 1 aromatic carbocycles. The fourth-order valence-electron chi connectivity index (χ4n) is 3.14. The van der Waals surface area contributed by atoms with Crippen LogP contribution in [0.25, 0.3) is 5.70 Å². The van der Waals surface area contributed by atoms with Gasteiger partial charge in [0, 0.05) is 0 Å². The summed E-state index contributed by atoms with van der Waals surface area (Å²) in [5.41, 5.74) is 5.69. The molecule has 2 aromatic rings. The van der Waals surface area contributed by atoms with Crippen LogP contribution in [0.1, 0.15) is 32.8 Å². The van der Waals surface area contributed by atoms with E-state index in [2.05, 4.69) is 21.7 Å². The average Bonchev–Trinajstić information content (AvgIpc) is 3.38. The largest absolute Gasteiger partial charge is 0.462 e. The molecule has 1 aliphatic rings. The van der Waals surface area contributed by atoms with Gasteiger partial charge < -0.3 is 29.9 Å². The average molecular weight is 511 g/mol. The zero-order valence-electron chi connectivity index (χ0n) is 19.6. The predicted octanol–water partition coefficient (Wildman–Crippen LogP) is 0.960. The molecule has 1 aliphatic heterocycles. The van der Waals surface area contributed by atoms with Gasteiger partial charge in [-0.15, -0.1) is 5.10 Å². The summed E-state index contributed by atoms with van der Waals surface area (Å²) < 4.78 is 36.6. The number of nitrogens with one attached hydrogen (secondary N) is 1. The lowest BCUT2D eigenvalue weighted by atomic mass is 10.1. The van der Waals surface area contributed by atoms with Crippen LogP contribution in [0, 0.1) is 0 Å². The third kappa shape index (κ3) is 6.88. The molecule has 0 saturated carbocycles. The number of rotatable bonds is 11. The minimum absolute atomic E-state index is 0.117. The summed E-state index contributed by atoms with van der Waals surface area (Å²) in [7, 11) is -4.18. The number of esters is 1. The molecule has 0 bridgehead atoms. The molecule has 5 N–H and O–H groups in total. The van der Waals surface area contributed by atoms with E-state index in [0.717, 1.165) is 0 Å². The molecule has 35 heavy (non-hydrogen) atoms. The fourth-order valence-corrected chi connectivity index (χ4v) is 4.64. The van der Waals surface area contributed by atoms with Crippen molar-refractivity contribution in [2.45, 2.75) is 57.5 Å². The molecular formula is C21H30N5O8P. The van der Waals surface area contributed by atoms with Crippen molar-refractivity contribution in [3.63, 3.8) is 0 Å². The highest BCUT2D eigenvalue weighted by Gasteiger charge is 2.46. The first-order valence-corrected chi connectivity index (χ1v) is 12.4. The maximum Gasteiger partial charge on any atom is 0.459 e. The second-order valence-electron chi connectivity index (χ2n) is 8.15. The Hall–Kier alpha value is -2.80. The Morgan fingerprint density at radius 1 is 1.29 bits per heavy atom. The normalized spacial score (nSPS) is 24.6. The summed E-state index contributed by atoms with van der Waals surface area (Å²) in [6.07, 6.45) is -4.15. The standard InChI is InChI=1S/C21H30N5O8P/c1-12(2)32-21(29)14(4)25-35(30,34-15-8-6-5-7-9-15)31-10-16-17(27)18(28)20(33-16)26-11-23-19(24-26)13(3)22/h5-9,11-12,14,16-18,20,27-28H,3,10,22H2,1-2,4H3,(H,25,30)/t14-,16+,17+,18+,20+,35-/m0/s1. The van der Waals surface area contributed by atoms with Crippen molar-refractivity contribution in [3.05, 3.63) is 49.1 Å². The molecule has 13 nitrogen and oxygen atoms in total. The molecule has 0 spiro atoms. The number of para-hydroxylation sites is 1. The first kappa shape index (κ1) is 26.8. The molecule has 0 aliphatic carbocycles. The van der Waals surface area contributed by atoms with E-state index in [4.69, 9.17) is 24.3 Å².